The van der Waals surface area contributed by atoms with E-state index in [1.54, 1.807) is 43.3 Å². The Balaban J connectivity index is 1.60. The number of likely N-dealkylation sites (N-methyl/N-ethyl adjacent to an activating group) is 1. The van der Waals surface area contributed by atoms with Crippen LogP contribution in [0.3, 0.4) is 0 Å². The van der Waals surface area contributed by atoms with Crippen molar-refractivity contribution in [2.75, 3.05) is 44.7 Å². The molecule has 10 nitrogen and oxygen atoms in total. The quantitative estimate of drug-likeness (QED) is 0.168. The van der Waals surface area contributed by atoms with Crippen molar-refractivity contribution < 1.29 is 14.5 Å². The molecule has 3 aromatic carbocycles. The van der Waals surface area contributed by atoms with Crippen LogP contribution >= 0.6 is 22.9 Å². The van der Waals surface area contributed by atoms with Gasteiger partial charge >= 0.3 is 5.97 Å². The number of non-ortho nitro benzene ring substituents is 1. The summed E-state index contributed by atoms with van der Waals surface area (Å²) in [5, 5.41) is 12.3. The molecule has 1 saturated heterocycles. The minimum Gasteiger partial charge on any atom is -0.463 e. The lowest BCUT2D eigenvalue weighted by Crippen LogP contribution is -2.44. The van der Waals surface area contributed by atoms with Crippen molar-refractivity contribution in [2.45, 2.75) is 13.0 Å². The van der Waals surface area contributed by atoms with Gasteiger partial charge in [0.25, 0.3) is 11.2 Å². The number of hydrogen-bond donors (Lipinski definition) is 0. The van der Waals surface area contributed by atoms with Gasteiger partial charge in [0.1, 0.15) is 0 Å². The van der Waals surface area contributed by atoms with Crippen molar-refractivity contribution in [1.29, 1.82) is 0 Å². The summed E-state index contributed by atoms with van der Waals surface area (Å²) < 4.78 is 7.36. The van der Waals surface area contributed by atoms with Gasteiger partial charge < -0.3 is 14.5 Å². The number of carbonyl (C=O) groups excluding carboxylic acids is 1. The number of nitro groups is 1. The normalized spacial score (nSPS) is 17.2. The molecule has 0 radical (unpaired) electrons. The number of aromatic nitrogens is 1. The maximum Gasteiger partial charge on any atom is 0.338 e. The molecule has 12 heteroatoms. The number of esters is 1. The number of anilines is 1. The third-order valence-corrected chi connectivity index (χ3v) is 9.15. The summed E-state index contributed by atoms with van der Waals surface area (Å²) in [5.74, 6) is -0.578. The maximum atomic E-state index is 14.3. The molecule has 0 spiro atoms. The molecule has 4 aromatic rings. The number of carbonyl (C=O) groups is 1. The second-order valence-electron chi connectivity index (χ2n) is 10.8. The van der Waals surface area contributed by atoms with E-state index < -0.39 is 16.9 Å². The van der Waals surface area contributed by atoms with Gasteiger partial charge in [-0.05, 0) is 43.8 Å². The highest BCUT2D eigenvalue weighted by molar-refractivity contribution is 7.07. The fraction of sp³-hybridized carbons (Fsp3) is 0.242. The van der Waals surface area contributed by atoms with Crippen molar-refractivity contribution in [3.63, 3.8) is 0 Å². The van der Waals surface area contributed by atoms with Gasteiger partial charge in [-0.3, -0.25) is 19.5 Å². The number of fused-ring (bicyclic) bond motifs is 1. The predicted molar refractivity (Wildman–Crippen MR) is 175 cm³/mol. The van der Waals surface area contributed by atoms with Crippen LogP contribution in [-0.2, 0) is 9.53 Å². The van der Waals surface area contributed by atoms with Gasteiger partial charge in [0.05, 0.1) is 33.4 Å². The number of benzene rings is 3. The molecule has 0 unspecified atom stereocenters. The SMILES string of the molecule is CCOC(=O)C1=C(c2ccccc2)N=c2s/c(=C/c3cc([N+](=O)[O-])ccc3N3CCN(C)CC3)c(=O)n2[C@H]1c1ccc(Cl)cc1. The van der Waals surface area contributed by atoms with E-state index in [1.165, 1.54) is 28.0 Å². The Hall–Kier alpha value is -4.58. The first-order valence-electron chi connectivity index (χ1n) is 14.5. The van der Waals surface area contributed by atoms with Gasteiger partial charge in [0.15, 0.2) is 4.80 Å². The minimum absolute atomic E-state index is 0.0677. The predicted octanol–water partition coefficient (Wildman–Crippen LogP) is 4.25. The summed E-state index contributed by atoms with van der Waals surface area (Å²) in [5.41, 5.74) is 2.94. The summed E-state index contributed by atoms with van der Waals surface area (Å²) in [6.45, 7) is 5.05. The molecule has 6 rings (SSSR count). The fourth-order valence-electron chi connectivity index (χ4n) is 5.65. The van der Waals surface area contributed by atoms with Gasteiger partial charge in [0, 0.05) is 60.1 Å². The van der Waals surface area contributed by atoms with E-state index in [1.807, 2.05) is 30.3 Å². The molecule has 0 saturated carbocycles. The van der Waals surface area contributed by atoms with E-state index in [0.717, 1.165) is 31.9 Å². The maximum absolute atomic E-state index is 14.3. The lowest BCUT2D eigenvalue weighted by molar-refractivity contribution is -0.384. The molecule has 2 aliphatic heterocycles. The number of nitrogens with zero attached hydrogens (tertiary/aromatic N) is 5. The van der Waals surface area contributed by atoms with Crippen LogP contribution in [0.15, 0.2) is 88.2 Å². The van der Waals surface area contributed by atoms with Crippen LogP contribution in [-0.4, -0.2) is 60.2 Å². The van der Waals surface area contributed by atoms with E-state index in [4.69, 9.17) is 21.3 Å². The highest BCUT2D eigenvalue weighted by atomic mass is 35.5. The third kappa shape index (κ3) is 6.06. The molecule has 0 aliphatic carbocycles. The van der Waals surface area contributed by atoms with Crippen LogP contribution in [0.1, 0.15) is 29.7 Å². The molecule has 3 heterocycles. The van der Waals surface area contributed by atoms with Crippen molar-refractivity contribution in [3.8, 4) is 0 Å². The Morgan fingerprint density at radius 1 is 1.09 bits per heavy atom. The second-order valence-corrected chi connectivity index (χ2v) is 12.2. The zero-order valence-corrected chi connectivity index (χ0v) is 26.3. The first kappa shape index (κ1) is 30.4. The van der Waals surface area contributed by atoms with E-state index in [-0.39, 0.29) is 23.4 Å². The smallest absolute Gasteiger partial charge is 0.338 e. The van der Waals surface area contributed by atoms with Gasteiger partial charge in [0.2, 0.25) is 0 Å². The van der Waals surface area contributed by atoms with Crippen LogP contribution in [0.5, 0.6) is 0 Å². The molecule has 1 fully saturated rings. The van der Waals surface area contributed by atoms with Crippen molar-refractivity contribution >= 4 is 52.1 Å². The lowest BCUT2D eigenvalue weighted by atomic mass is 9.93. The van der Waals surface area contributed by atoms with Crippen LogP contribution in [0, 0.1) is 10.1 Å². The molecule has 0 bridgehead atoms. The number of ether oxygens (including phenoxy) is 1. The molecule has 1 aromatic heterocycles. The standard InChI is InChI=1S/C33H30ClN5O5S/c1-3-44-32(41)28-29(21-7-5-4-6-8-21)35-33-38(30(28)22-9-11-24(34)12-10-22)31(40)27(45-33)20-23-19-25(39(42)43)13-14-26(23)37-17-15-36(2)16-18-37/h4-14,19-20,30H,3,15-18H2,1-2H3/b27-20+/t30-/m0/s1. The molecule has 2 aliphatic rings. The summed E-state index contributed by atoms with van der Waals surface area (Å²) in [6, 6.07) is 20.2. The molecule has 45 heavy (non-hydrogen) atoms. The van der Waals surface area contributed by atoms with Crippen molar-refractivity contribution in [2.24, 2.45) is 4.99 Å². The van der Waals surface area contributed by atoms with Crippen molar-refractivity contribution in [3.05, 3.63) is 130 Å². The number of hydrogen-bond acceptors (Lipinski definition) is 9. The second kappa shape index (κ2) is 12.8. The van der Waals surface area contributed by atoms with Gasteiger partial charge in [-0.25, -0.2) is 9.79 Å². The zero-order chi connectivity index (χ0) is 31.7. The number of thiazole rings is 1. The number of piperazine rings is 1. The first-order valence-corrected chi connectivity index (χ1v) is 15.7. The summed E-state index contributed by atoms with van der Waals surface area (Å²) in [7, 11) is 2.06. The zero-order valence-electron chi connectivity index (χ0n) is 24.7. The molecular formula is C33H30ClN5O5S. The monoisotopic (exact) mass is 643 g/mol. The summed E-state index contributed by atoms with van der Waals surface area (Å²) in [6.07, 6.45) is 1.69. The number of rotatable bonds is 7. The van der Waals surface area contributed by atoms with Crippen LogP contribution in [0.4, 0.5) is 11.4 Å². The molecule has 1 atom stereocenters. The average Bonchev–Trinajstić information content (AvgIpc) is 3.35. The fourth-order valence-corrected chi connectivity index (χ4v) is 6.77. The van der Waals surface area contributed by atoms with E-state index >= 15 is 0 Å². The highest BCUT2D eigenvalue weighted by Crippen LogP contribution is 2.35. The lowest BCUT2D eigenvalue weighted by Gasteiger charge is -2.34. The van der Waals surface area contributed by atoms with Crippen LogP contribution < -0.4 is 19.8 Å². The highest BCUT2D eigenvalue weighted by Gasteiger charge is 2.35. The number of halogens is 1. The van der Waals surface area contributed by atoms with E-state index in [9.17, 15) is 19.7 Å². The first-order chi connectivity index (χ1) is 21.7. The Kier molecular flexibility index (Phi) is 8.66. The molecular weight excluding hydrogens is 614 g/mol. The Labute approximate surface area is 267 Å². The Morgan fingerprint density at radius 2 is 1.80 bits per heavy atom. The van der Waals surface area contributed by atoms with Gasteiger partial charge in [-0.1, -0.05) is 65.4 Å². The van der Waals surface area contributed by atoms with E-state index in [0.29, 0.717) is 36.7 Å². The number of nitro benzene ring substituents is 1. The van der Waals surface area contributed by atoms with E-state index in [2.05, 4.69) is 16.8 Å². The minimum atomic E-state index is -0.850. The molecule has 0 amide bonds. The van der Waals surface area contributed by atoms with Crippen LogP contribution in [0.2, 0.25) is 5.02 Å². The largest absolute Gasteiger partial charge is 0.463 e. The molecule has 0 N–H and O–H groups in total. The van der Waals surface area contributed by atoms with Crippen molar-refractivity contribution in [1.82, 2.24) is 9.47 Å². The Bertz CT molecular complexity index is 1980. The third-order valence-electron chi connectivity index (χ3n) is 7.91. The van der Waals surface area contributed by atoms with Gasteiger partial charge in [-0.15, -0.1) is 0 Å². The Morgan fingerprint density at radius 3 is 2.47 bits per heavy atom. The van der Waals surface area contributed by atoms with Gasteiger partial charge in [-0.2, -0.15) is 0 Å². The molecule has 230 valence electrons. The topological polar surface area (TPSA) is 110 Å². The van der Waals surface area contributed by atoms with Crippen LogP contribution in [0.25, 0.3) is 11.8 Å². The summed E-state index contributed by atoms with van der Waals surface area (Å²) in [4.78, 5) is 48.9. The summed E-state index contributed by atoms with van der Waals surface area (Å²) >= 11 is 7.40. The average molecular weight is 644 g/mol.